The molecule has 0 heterocycles. The topological polar surface area (TPSA) is 12.0 Å². The Bertz CT molecular complexity index is 338. The smallest absolute Gasteiger partial charge is 0.0451 e. The Kier molecular flexibility index (Phi) is 2.81. The molecule has 0 aromatic heterocycles. The Balaban J connectivity index is 2.51. The molecule has 1 aliphatic rings. The summed E-state index contributed by atoms with van der Waals surface area (Å²) >= 11 is 8.48. The summed E-state index contributed by atoms with van der Waals surface area (Å²) in [7, 11) is 2.01. The maximum Gasteiger partial charge on any atom is 0.0451 e. The molecular formula is C10H11ClIN. The first-order chi connectivity index (χ1) is 6.22. The summed E-state index contributed by atoms with van der Waals surface area (Å²) < 4.78 is 1.23. The van der Waals surface area contributed by atoms with Crippen molar-refractivity contribution in [2.24, 2.45) is 0 Å². The lowest BCUT2D eigenvalue weighted by molar-refractivity contribution is 0.590. The van der Waals surface area contributed by atoms with Gasteiger partial charge in [0.2, 0.25) is 0 Å². The third kappa shape index (κ3) is 1.72. The van der Waals surface area contributed by atoms with Gasteiger partial charge in [0.25, 0.3) is 0 Å². The third-order valence-electron chi connectivity index (χ3n) is 2.60. The monoisotopic (exact) mass is 307 g/mol. The molecule has 1 aliphatic carbocycles. The van der Waals surface area contributed by atoms with E-state index in [1.165, 1.54) is 21.1 Å². The molecule has 0 spiro atoms. The summed E-state index contributed by atoms with van der Waals surface area (Å²) in [6.07, 6.45) is 2.28. The van der Waals surface area contributed by atoms with Crippen molar-refractivity contribution < 1.29 is 0 Å². The number of hydrogen-bond donors (Lipinski definition) is 1. The van der Waals surface area contributed by atoms with Gasteiger partial charge in [-0.2, -0.15) is 0 Å². The van der Waals surface area contributed by atoms with E-state index < -0.39 is 0 Å². The van der Waals surface area contributed by atoms with Crippen LogP contribution in [0.25, 0.3) is 0 Å². The first-order valence-electron chi connectivity index (χ1n) is 4.37. The van der Waals surface area contributed by atoms with Crippen molar-refractivity contribution in [2.75, 3.05) is 7.05 Å². The maximum absolute atomic E-state index is 6.16. The molecule has 0 amide bonds. The minimum atomic E-state index is 0.502. The lowest BCUT2D eigenvalue weighted by Gasteiger charge is -2.10. The fourth-order valence-corrected chi connectivity index (χ4v) is 3.09. The van der Waals surface area contributed by atoms with Gasteiger partial charge in [0.15, 0.2) is 0 Å². The van der Waals surface area contributed by atoms with E-state index in [1.54, 1.807) is 0 Å². The van der Waals surface area contributed by atoms with Crippen LogP contribution in [0.5, 0.6) is 0 Å². The molecule has 1 nitrogen and oxygen atoms in total. The number of fused-ring (bicyclic) bond motifs is 1. The fraction of sp³-hybridized carbons (Fsp3) is 0.400. The molecule has 1 aromatic carbocycles. The molecule has 0 fully saturated rings. The highest BCUT2D eigenvalue weighted by atomic mass is 127. The second-order valence-corrected chi connectivity index (χ2v) is 4.99. The van der Waals surface area contributed by atoms with Gasteiger partial charge in [0.05, 0.1) is 0 Å². The first-order valence-corrected chi connectivity index (χ1v) is 5.83. The zero-order valence-corrected chi connectivity index (χ0v) is 10.3. The van der Waals surface area contributed by atoms with E-state index in [4.69, 9.17) is 11.6 Å². The highest BCUT2D eigenvalue weighted by Gasteiger charge is 2.23. The minimum absolute atomic E-state index is 0.502. The van der Waals surface area contributed by atoms with Crippen molar-refractivity contribution in [3.63, 3.8) is 0 Å². The lowest BCUT2D eigenvalue weighted by Crippen LogP contribution is -2.12. The number of benzene rings is 1. The molecule has 13 heavy (non-hydrogen) atoms. The van der Waals surface area contributed by atoms with Crippen LogP contribution in [0, 0.1) is 3.57 Å². The molecule has 0 saturated heterocycles. The van der Waals surface area contributed by atoms with Crippen molar-refractivity contribution >= 4 is 34.2 Å². The molecule has 3 heteroatoms. The van der Waals surface area contributed by atoms with E-state index in [2.05, 4.69) is 34.0 Å². The average molecular weight is 308 g/mol. The second kappa shape index (κ2) is 3.75. The molecule has 0 bridgehead atoms. The highest BCUT2D eigenvalue weighted by Crippen LogP contribution is 2.36. The van der Waals surface area contributed by atoms with Gasteiger partial charge in [-0.25, -0.2) is 0 Å². The van der Waals surface area contributed by atoms with Crippen LogP contribution in [0.1, 0.15) is 23.6 Å². The van der Waals surface area contributed by atoms with Crippen LogP contribution in [-0.4, -0.2) is 7.05 Å². The summed E-state index contributed by atoms with van der Waals surface area (Å²) in [6.45, 7) is 0. The largest absolute Gasteiger partial charge is 0.313 e. The number of hydrogen-bond acceptors (Lipinski definition) is 1. The molecule has 0 saturated carbocycles. The molecule has 1 N–H and O–H groups in total. The van der Waals surface area contributed by atoms with E-state index in [0.29, 0.717) is 6.04 Å². The summed E-state index contributed by atoms with van der Waals surface area (Å²) in [5.41, 5.74) is 2.72. The van der Waals surface area contributed by atoms with Gasteiger partial charge in [-0.15, -0.1) is 0 Å². The van der Waals surface area contributed by atoms with E-state index in [-0.39, 0.29) is 0 Å². The van der Waals surface area contributed by atoms with E-state index in [1.807, 2.05) is 13.1 Å². The molecule has 2 rings (SSSR count). The second-order valence-electron chi connectivity index (χ2n) is 3.34. The van der Waals surface area contributed by atoms with Crippen molar-refractivity contribution in [3.8, 4) is 0 Å². The summed E-state index contributed by atoms with van der Waals surface area (Å²) in [5.74, 6) is 0. The van der Waals surface area contributed by atoms with E-state index in [0.717, 1.165) is 11.4 Å². The molecule has 0 aliphatic heterocycles. The molecule has 1 unspecified atom stereocenters. The Morgan fingerprint density at radius 3 is 3.00 bits per heavy atom. The molecule has 0 radical (unpaired) electrons. The van der Waals surface area contributed by atoms with Crippen molar-refractivity contribution in [1.82, 2.24) is 5.32 Å². The first kappa shape index (κ1) is 9.74. The normalized spacial score (nSPS) is 20.4. The predicted octanol–water partition coefficient (Wildman–Crippen LogP) is 3.15. The summed E-state index contributed by atoms with van der Waals surface area (Å²) in [6, 6.07) is 4.77. The van der Waals surface area contributed by atoms with E-state index in [9.17, 15) is 0 Å². The van der Waals surface area contributed by atoms with Crippen LogP contribution in [0.2, 0.25) is 5.02 Å². The van der Waals surface area contributed by atoms with Gasteiger partial charge in [0, 0.05) is 14.6 Å². The summed E-state index contributed by atoms with van der Waals surface area (Å²) in [5, 5.41) is 4.24. The predicted molar refractivity (Wildman–Crippen MR) is 64.3 cm³/mol. The molecule has 1 atom stereocenters. The molecule has 70 valence electrons. The Labute approximate surface area is 97.0 Å². The SMILES string of the molecule is CNC1CCc2c(Cl)cc(I)cc21. The molecular weight excluding hydrogens is 296 g/mol. The number of halogens is 2. The van der Waals surface area contributed by atoms with Gasteiger partial charge in [-0.3, -0.25) is 0 Å². The van der Waals surface area contributed by atoms with Crippen LogP contribution in [0.3, 0.4) is 0 Å². The van der Waals surface area contributed by atoms with Gasteiger partial charge in [-0.05, 0) is 65.7 Å². The Morgan fingerprint density at radius 1 is 1.54 bits per heavy atom. The van der Waals surface area contributed by atoms with Crippen LogP contribution in [0.4, 0.5) is 0 Å². The number of nitrogens with one attached hydrogen (secondary N) is 1. The van der Waals surface area contributed by atoms with Gasteiger partial charge >= 0.3 is 0 Å². The quantitative estimate of drug-likeness (QED) is 0.786. The summed E-state index contributed by atoms with van der Waals surface area (Å²) in [4.78, 5) is 0. The number of rotatable bonds is 1. The van der Waals surface area contributed by atoms with Gasteiger partial charge in [0.1, 0.15) is 0 Å². The lowest BCUT2D eigenvalue weighted by atomic mass is 10.1. The highest BCUT2D eigenvalue weighted by molar-refractivity contribution is 14.1. The van der Waals surface area contributed by atoms with Crippen molar-refractivity contribution in [3.05, 3.63) is 31.9 Å². The maximum atomic E-state index is 6.16. The van der Waals surface area contributed by atoms with Gasteiger partial charge in [-0.1, -0.05) is 11.6 Å². The zero-order chi connectivity index (χ0) is 9.42. The third-order valence-corrected chi connectivity index (χ3v) is 3.56. The van der Waals surface area contributed by atoms with Crippen LogP contribution < -0.4 is 5.32 Å². The minimum Gasteiger partial charge on any atom is -0.313 e. The Hall–Kier alpha value is 0.200. The molecule has 1 aromatic rings. The van der Waals surface area contributed by atoms with Crippen LogP contribution in [-0.2, 0) is 6.42 Å². The van der Waals surface area contributed by atoms with Crippen molar-refractivity contribution in [2.45, 2.75) is 18.9 Å². The van der Waals surface area contributed by atoms with E-state index >= 15 is 0 Å². The zero-order valence-electron chi connectivity index (χ0n) is 7.40. The average Bonchev–Trinajstić information content (AvgIpc) is 2.47. The van der Waals surface area contributed by atoms with Gasteiger partial charge < -0.3 is 5.32 Å². The van der Waals surface area contributed by atoms with Crippen molar-refractivity contribution in [1.29, 1.82) is 0 Å². The fourth-order valence-electron chi connectivity index (χ4n) is 1.94. The van der Waals surface area contributed by atoms with Crippen LogP contribution >= 0.6 is 34.2 Å². The van der Waals surface area contributed by atoms with Crippen LogP contribution in [0.15, 0.2) is 12.1 Å². The Morgan fingerprint density at radius 2 is 2.31 bits per heavy atom. The standard InChI is InChI=1S/C10H11ClIN/c1-13-10-3-2-7-8(10)4-6(12)5-9(7)11/h4-5,10,13H,2-3H2,1H3.